The summed E-state index contributed by atoms with van der Waals surface area (Å²) < 4.78 is 6.11. The molecule has 1 aliphatic heterocycles. The number of methoxy groups -OCH3 is 1. The van der Waals surface area contributed by atoms with Crippen molar-refractivity contribution in [3.8, 4) is 5.75 Å². The van der Waals surface area contributed by atoms with Gasteiger partial charge in [-0.05, 0) is 61.0 Å². The molecule has 0 unspecified atom stereocenters. The second-order valence-corrected chi connectivity index (χ2v) is 8.86. The molecule has 0 aromatic heterocycles. The van der Waals surface area contributed by atoms with E-state index >= 15 is 0 Å². The number of benzene rings is 3. The summed E-state index contributed by atoms with van der Waals surface area (Å²) in [5, 5.41) is 2.92. The number of rotatable bonds is 5. The Morgan fingerprint density at radius 1 is 0.909 bits per heavy atom. The number of anilines is 2. The van der Waals surface area contributed by atoms with E-state index in [1.165, 1.54) is 0 Å². The lowest BCUT2D eigenvalue weighted by atomic mass is 10.1. The predicted molar refractivity (Wildman–Crippen MR) is 134 cm³/mol. The fourth-order valence-corrected chi connectivity index (χ4v) is 4.32. The summed E-state index contributed by atoms with van der Waals surface area (Å²) in [7, 11) is 1.54. The molecule has 7 heteroatoms. The lowest BCUT2D eigenvalue weighted by Gasteiger charge is -2.36. The van der Waals surface area contributed by atoms with Crippen molar-refractivity contribution >= 4 is 39.1 Å². The van der Waals surface area contributed by atoms with Gasteiger partial charge in [0, 0.05) is 47.6 Å². The van der Waals surface area contributed by atoms with Gasteiger partial charge in [0.25, 0.3) is 11.8 Å². The monoisotopic (exact) mass is 507 g/mol. The first-order valence-electron chi connectivity index (χ1n) is 10.8. The Bertz CT molecular complexity index is 1160. The molecule has 4 rings (SSSR count). The first-order chi connectivity index (χ1) is 16.0. The van der Waals surface area contributed by atoms with Crippen LogP contribution in [0.4, 0.5) is 11.4 Å². The van der Waals surface area contributed by atoms with Crippen molar-refractivity contribution in [2.75, 3.05) is 43.5 Å². The molecule has 0 saturated carbocycles. The van der Waals surface area contributed by atoms with E-state index in [9.17, 15) is 9.59 Å². The Morgan fingerprint density at radius 3 is 2.27 bits per heavy atom. The summed E-state index contributed by atoms with van der Waals surface area (Å²) in [5.41, 5.74) is 4.01. The summed E-state index contributed by atoms with van der Waals surface area (Å²) in [5.74, 6) is 0.378. The van der Waals surface area contributed by atoms with E-state index in [1.807, 2.05) is 66.4 Å². The van der Waals surface area contributed by atoms with Crippen molar-refractivity contribution in [2.24, 2.45) is 0 Å². The smallest absolute Gasteiger partial charge is 0.259 e. The molecule has 1 heterocycles. The predicted octanol–water partition coefficient (Wildman–Crippen LogP) is 4.98. The lowest BCUT2D eigenvalue weighted by molar-refractivity contribution is 0.0746. The lowest BCUT2D eigenvalue weighted by Crippen LogP contribution is -2.48. The second kappa shape index (κ2) is 10.1. The molecule has 6 nitrogen and oxygen atoms in total. The zero-order valence-corrected chi connectivity index (χ0v) is 20.3. The normalized spacial score (nSPS) is 13.5. The van der Waals surface area contributed by atoms with Crippen LogP contribution >= 0.6 is 15.9 Å². The van der Waals surface area contributed by atoms with Crippen LogP contribution in [0.5, 0.6) is 5.75 Å². The van der Waals surface area contributed by atoms with Crippen LogP contribution in [-0.2, 0) is 0 Å². The largest absolute Gasteiger partial charge is 0.496 e. The van der Waals surface area contributed by atoms with Crippen molar-refractivity contribution in [1.29, 1.82) is 0 Å². The van der Waals surface area contributed by atoms with E-state index in [0.717, 1.165) is 34.4 Å². The Balaban J connectivity index is 1.37. The van der Waals surface area contributed by atoms with Gasteiger partial charge in [-0.3, -0.25) is 9.59 Å². The Kier molecular flexibility index (Phi) is 6.99. The molecule has 0 spiro atoms. The maximum atomic E-state index is 12.9. The number of carbonyl (C=O) groups excluding carboxylic acids is 2. The molecule has 0 atom stereocenters. The molecule has 0 aliphatic carbocycles. The summed E-state index contributed by atoms with van der Waals surface area (Å²) in [6.45, 7) is 4.84. The summed E-state index contributed by atoms with van der Waals surface area (Å²) in [6, 6.07) is 20.8. The molecule has 1 aliphatic rings. The highest BCUT2D eigenvalue weighted by atomic mass is 79.9. The molecule has 0 radical (unpaired) electrons. The number of hydrogen-bond acceptors (Lipinski definition) is 4. The van der Waals surface area contributed by atoms with Crippen LogP contribution in [0.25, 0.3) is 0 Å². The van der Waals surface area contributed by atoms with E-state index in [1.54, 1.807) is 19.2 Å². The van der Waals surface area contributed by atoms with Gasteiger partial charge in [0.05, 0.1) is 12.7 Å². The molecule has 0 bridgehead atoms. The van der Waals surface area contributed by atoms with Crippen LogP contribution < -0.4 is 15.0 Å². The SMILES string of the molecule is COc1ccc(Br)cc1C(=O)Nc1ccc(N2CCN(C(=O)c3ccccc3C)CC2)cc1. The van der Waals surface area contributed by atoms with E-state index in [0.29, 0.717) is 30.1 Å². The number of piperazine rings is 1. The van der Waals surface area contributed by atoms with Crippen LogP contribution in [0.1, 0.15) is 26.3 Å². The van der Waals surface area contributed by atoms with Gasteiger partial charge in [0.1, 0.15) is 5.75 Å². The first-order valence-corrected chi connectivity index (χ1v) is 11.6. The Hall–Kier alpha value is -3.32. The van der Waals surface area contributed by atoms with Gasteiger partial charge in [-0.15, -0.1) is 0 Å². The van der Waals surface area contributed by atoms with E-state index < -0.39 is 0 Å². The minimum absolute atomic E-state index is 0.0915. The van der Waals surface area contributed by atoms with Crippen LogP contribution in [0.2, 0.25) is 0 Å². The number of aryl methyl sites for hydroxylation is 1. The molecule has 1 saturated heterocycles. The van der Waals surface area contributed by atoms with Gasteiger partial charge in [-0.25, -0.2) is 0 Å². The van der Waals surface area contributed by atoms with Gasteiger partial charge in [0.2, 0.25) is 0 Å². The Morgan fingerprint density at radius 2 is 1.61 bits per heavy atom. The standard InChI is InChI=1S/C26H26BrN3O3/c1-18-5-3-4-6-22(18)26(32)30-15-13-29(14-16-30)21-10-8-20(9-11-21)28-25(31)23-17-19(27)7-12-24(23)33-2/h3-12,17H,13-16H2,1-2H3,(H,28,31). The first kappa shape index (κ1) is 22.9. The van der Waals surface area contributed by atoms with Crippen molar-refractivity contribution in [3.05, 3.63) is 87.9 Å². The zero-order chi connectivity index (χ0) is 23.4. The molecular weight excluding hydrogens is 482 g/mol. The van der Waals surface area contributed by atoms with Crippen molar-refractivity contribution < 1.29 is 14.3 Å². The number of ether oxygens (including phenoxy) is 1. The van der Waals surface area contributed by atoms with Gasteiger partial charge in [-0.1, -0.05) is 34.1 Å². The molecule has 2 amide bonds. The molecule has 1 fully saturated rings. The average Bonchev–Trinajstić information content (AvgIpc) is 2.84. The Labute approximate surface area is 202 Å². The number of nitrogens with one attached hydrogen (secondary N) is 1. The van der Waals surface area contributed by atoms with E-state index in [-0.39, 0.29) is 11.8 Å². The van der Waals surface area contributed by atoms with Crippen LogP contribution in [0.3, 0.4) is 0 Å². The summed E-state index contributed by atoms with van der Waals surface area (Å²) in [4.78, 5) is 29.7. The van der Waals surface area contributed by atoms with Gasteiger partial charge < -0.3 is 19.9 Å². The topological polar surface area (TPSA) is 61.9 Å². The highest BCUT2D eigenvalue weighted by Gasteiger charge is 2.23. The van der Waals surface area contributed by atoms with Crippen molar-refractivity contribution in [3.63, 3.8) is 0 Å². The molecule has 3 aromatic carbocycles. The fraction of sp³-hybridized carbons (Fsp3) is 0.231. The quantitative estimate of drug-likeness (QED) is 0.528. The second-order valence-electron chi connectivity index (χ2n) is 7.94. The number of amides is 2. The van der Waals surface area contributed by atoms with E-state index in [2.05, 4.69) is 26.1 Å². The fourth-order valence-electron chi connectivity index (χ4n) is 3.96. The van der Waals surface area contributed by atoms with E-state index in [4.69, 9.17) is 4.74 Å². The number of hydrogen-bond donors (Lipinski definition) is 1. The van der Waals surface area contributed by atoms with Crippen LogP contribution in [-0.4, -0.2) is 50.0 Å². The van der Waals surface area contributed by atoms with Gasteiger partial charge in [-0.2, -0.15) is 0 Å². The third kappa shape index (κ3) is 5.20. The van der Waals surface area contributed by atoms with Crippen molar-refractivity contribution in [2.45, 2.75) is 6.92 Å². The molecule has 170 valence electrons. The van der Waals surface area contributed by atoms with Crippen LogP contribution in [0, 0.1) is 6.92 Å². The maximum Gasteiger partial charge on any atom is 0.259 e. The number of carbonyl (C=O) groups is 2. The molecular formula is C26H26BrN3O3. The summed E-state index contributed by atoms with van der Waals surface area (Å²) >= 11 is 3.40. The highest BCUT2D eigenvalue weighted by molar-refractivity contribution is 9.10. The third-order valence-corrected chi connectivity index (χ3v) is 6.33. The highest BCUT2D eigenvalue weighted by Crippen LogP contribution is 2.25. The minimum atomic E-state index is -0.232. The summed E-state index contributed by atoms with van der Waals surface area (Å²) in [6.07, 6.45) is 0. The third-order valence-electron chi connectivity index (χ3n) is 5.84. The molecule has 1 N–H and O–H groups in total. The van der Waals surface area contributed by atoms with Crippen LogP contribution in [0.15, 0.2) is 71.2 Å². The zero-order valence-electron chi connectivity index (χ0n) is 18.7. The molecule has 33 heavy (non-hydrogen) atoms. The maximum absolute atomic E-state index is 12.9. The average molecular weight is 508 g/mol. The van der Waals surface area contributed by atoms with Crippen molar-refractivity contribution in [1.82, 2.24) is 4.90 Å². The molecule has 3 aromatic rings. The number of halogens is 1. The minimum Gasteiger partial charge on any atom is -0.496 e. The number of nitrogens with zero attached hydrogens (tertiary/aromatic N) is 2. The van der Waals surface area contributed by atoms with Gasteiger partial charge in [0.15, 0.2) is 0 Å². The van der Waals surface area contributed by atoms with Gasteiger partial charge >= 0.3 is 0 Å².